The number of nitrogens with one attached hydrogen (secondary N) is 1. The molecule has 1 heterocycles. The zero-order valence-electron chi connectivity index (χ0n) is 16.7. The van der Waals surface area contributed by atoms with Crippen molar-refractivity contribution >= 4 is 15.7 Å². The van der Waals surface area contributed by atoms with Crippen LogP contribution < -0.4 is 14.4 Å². The highest BCUT2D eigenvalue weighted by Crippen LogP contribution is 2.41. The van der Waals surface area contributed by atoms with Crippen LogP contribution in [-0.2, 0) is 16.4 Å². The van der Waals surface area contributed by atoms with Gasteiger partial charge in [-0.15, -0.1) is 0 Å². The molecule has 2 aromatic carbocycles. The lowest BCUT2D eigenvalue weighted by Gasteiger charge is -2.42. The van der Waals surface area contributed by atoms with Crippen LogP contribution in [-0.4, -0.2) is 45.1 Å². The van der Waals surface area contributed by atoms with Gasteiger partial charge in [-0.3, -0.25) is 4.31 Å². The molecule has 0 aliphatic carbocycles. The molecule has 2 aromatic rings. The number of ether oxygens (including phenoxy) is 1. The minimum absolute atomic E-state index is 0.306. The van der Waals surface area contributed by atoms with Gasteiger partial charge in [-0.1, -0.05) is 36.4 Å². The molecule has 2 N–H and O–H groups in total. The van der Waals surface area contributed by atoms with Crippen LogP contribution in [0.2, 0.25) is 0 Å². The molecule has 6 nitrogen and oxygen atoms in total. The topological polar surface area (TPSA) is 78.9 Å². The van der Waals surface area contributed by atoms with Gasteiger partial charge in [-0.25, -0.2) is 8.42 Å². The van der Waals surface area contributed by atoms with Crippen molar-refractivity contribution in [2.24, 2.45) is 0 Å². The van der Waals surface area contributed by atoms with Gasteiger partial charge in [0.15, 0.2) is 0 Å². The van der Waals surface area contributed by atoms with Crippen molar-refractivity contribution < 1.29 is 18.3 Å². The number of aliphatic hydroxyl groups excluding tert-OH is 1. The first-order valence-electron chi connectivity index (χ1n) is 9.32. The monoisotopic (exact) mass is 404 g/mol. The lowest BCUT2D eigenvalue weighted by atomic mass is 9.86. The summed E-state index contributed by atoms with van der Waals surface area (Å²) in [5.41, 5.74) is 1.77. The lowest BCUT2D eigenvalue weighted by molar-refractivity contribution is -0.0643. The highest BCUT2D eigenvalue weighted by Gasteiger charge is 2.42. The molecule has 28 heavy (non-hydrogen) atoms. The van der Waals surface area contributed by atoms with E-state index in [4.69, 9.17) is 4.74 Å². The Kier molecular flexibility index (Phi) is 5.70. The Morgan fingerprint density at radius 3 is 2.50 bits per heavy atom. The minimum atomic E-state index is -3.37. The van der Waals surface area contributed by atoms with Crippen LogP contribution in [0.5, 0.6) is 5.75 Å². The van der Waals surface area contributed by atoms with Gasteiger partial charge in [0.25, 0.3) is 0 Å². The predicted molar refractivity (Wildman–Crippen MR) is 111 cm³/mol. The molecule has 1 aliphatic rings. The number of benzene rings is 2. The smallest absolute Gasteiger partial charge is 0.231 e. The normalized spacial score (nSPS) is 20.9. The van der Waals surface area contributed by atoms with E-state index in [0.29, 0.717) is 18.0 Å². The van der Waals surface area contributed by atoms with Gasteiger partial charge < -0.3 is 15.2 Å². The summed E-state index contributed by atoms with van der Waals surface area (Å²) < 4.78 is 30.9. The van der Waals surface area contributed by atoms with Crippen molar-refractivity contribution in [3.63, 3.8) is 0 Å². The maximum absolute atomic E-state index is 11.9. The van der Waals surface area contributed by atoms with Gasteiger partial charge in [-0.2, -0.15) is 0 Å². The van der Waals surface area contributed by atoms with Crippen LogP contribution in [0.3, 0.4) is 0 Å². The van der Waals surface area contributed by atoms with Gasteiger partial charge in [0.05, 0.1) is 18.0 Å². The number of sulfonamides is 1. The number of hydrogen-bond donors (Lipinski definition) is 2. The van der Waals surface area contributed by atoms with Crippen molar-refractivity contribution in [1.29, 1.82) is 0 Å². The van der Waals surface area contributed by atoms with Gasteiger partial charge in [0, 0.05) is 18.7 Å². The van der Waals surface area contributed by atoms with E-state index in [1.54, 1.807) is 12.1 Å². The number of anilines is 1. The summed E-state index contributed by atoms with van der Waals surface area (Å²) >= 11 is 0. The van der Waals surface area contributed by atoms with Crippen molar-refractivity contribution in [2.45, 2.75) is 38.0 Å². The van der Waals surface area contributed by atoms with Gasteiger partial charge in [0.1, 0.15) is 17.5 Å². The zero-order valence-corrected chi connectivity index (χ0v) is 17.5. The summed E-state index contributed by atoms with van der Waals surface area (Å²) in [5.74, 6) is 0.584. The molecule has 0 spiro atoms. The first kappa shape index (κ1) is 20.6. The number of hydrogen-bond acceptors (Lipinski definition) is 5. The summed E-state index contributed by atoms with van der Waals surface area (Å²) in [4.78, 5) is 0. The molecular weight excluding hydrogens is 376 g/mol. The number of nitrogens with zero attached hydrogens (tertiary/aromatic N) is 1. The summed E-state index contributed by atoms with van der Waals surface area (Å²) in [6.07, 6.45) is 1.26. The summed E-state index contributed by atoms with van der Waals surface area (Å²) in [5, 5.41) is 14.3. The third kappa shape index (κ3) is 4.32. The molecule has 0 bridgehead atoms. The molecular formula is C21H28N2O4S. The third-order valence-corrected chi connectivity index (χ3v) is 6.42. The number of fused-ring (bicyclic) bond motifs is 1. The van der Waals surface area contributed by atoms with Crippen LogP contribution in [0.1, 0.15) is 31.0 Å². The molecule has 0 amide bonds. The highest BCUT2D eigenvalue weighted by molar-refractivity contribution is 7.92. The molecule has 0 fully saturated rings. The van der Waals surface area contributed by atoms with E-state index >= 15 is 0 Å². The fourth-order valence-electron chi connectivity index (χ4n) is 3.41. The molecule has 2 atom stereocenters. The van der Waals surface area contributed by atoms with Crippen LogP contribution in [0.15, 0.2) is 48.5 Å². The number of aliphatic hydroxyl groups is 1. The molecule has 1 aliphatic heterocycles. The van der Waals surface area contributed by atoms with Gasteiger partial charge >= 0.3 is 0 Å². The Labute approximate surface area is 167 Å². The minimum Gasteiger partial charge on any atom is -0.485 e. The van der Waals surface area contributed by atoms with Crippen LogP contribution >= 0.6 is 0 Å². The van der Waals surface area contributed by atoms with E-state index in [2.05, 4.69) is 17.4 Å². The predicted octanol–water partition coefficient (Wildman–Crippen LogP) is 2.49. The van der Waals surface area contributed by atoms with E-state index in [9.17, 15) is 13.5 Å². The van der Waals surface area contributed by atoms with Gasteiger partial charge in [-0.05, 0) is 38.4 Å². The second-order valence-corrected chi connectivity index (χ2v) is 9.78. The molecule has 0 aromatic heterocycles. The summed E-state index contributed by atoms with van der Waals surface area (Å²) in [6, 6.07) is 15.1. The maximum Gasteiger partial charge on any atom is 0.231 e. The second kappa shape index (κ2) is 7.73. The van der Waals surface area contributed by atoms with Crippen molar-refractivity contribution in [3.8, 4) is 5.75 Å². The quantitative estimate of drug-likeness (QED) is 0.773. The maximum atomic E-state index is 11.9. The Morgan fingerprint density at radius 1 is 1.18 bits per heavy atom. The molecule has 0 unspecified atom stereocenters. The summed E-state index contributed by atoms with van der Waals surface area (Å²) in [7, 11) is -1.86. The highest BCUT2D eigenvalue weighted by atomic mass is 32.2. The second-order valence-electron chi connectivity index (χ2n) is 7.77. The standard InChI is InChI=1S/C21H28N2O4S/c1-21(2)20(24)19(22-13-12-15-8-6-5-7-9-15)17-11-10-16(14-18(17)27-21)23(3)28(4,25)26/h5-11,14,19-20,22,24H,12-13H2,1-4H3/t19-,20+/m0/s1. The van der Waals surface area contributed by atoms with Crippen LogP contribution in [0, 0.1) is 0 Å². The largest absolute Gasteiger partial charge is 0.485 e. The molecule has 0 saturated carbocycles. The molecule has 7 heteroatoms. The Hall–Kier alpha value is -2.09. The van der Waals surface area contributed by atoms with E-state index in [1.165, 1.54) is 16.9 Å². The van der Waals surface area contributed by atoms with Crippen LogP contribution in [0.25, 0.3) is 0 Å². The summed E-state index contributed by atoms with van der Waals surface area (Å²) in [6.45, 7) is 4.37. The SMILES string of the molecule is CN(c1ccc2c(c1)OC(C)(C)[C@H](O)[C@H]2NCCc1ccccc1)S(C)(=O)=O. The Balaban J connectivity index is 1.85. The number of rotatable bonds is 6. The molecule has 3 rings (SSSR count). The molecule has 0 radical (unpaired) electrons. The molecule has 152 valence electrons. The van der Waals surface area contributed by atoms with Crippen LogP contribution in [0.4, 0.5) is 5.69 Å². The fourth-order valence-corrected chi connectivity index (χ4v) is 3.91. The average Bonchev–Trinajstić information content (AvgIpc) is 2.63. The van der Waals surface area contributed by atoms with Gasteiger partial charge in [0.2, 0.25) is 10.0 Å². The van der Waals surface area contributed by atoms with Crippen molar-refractivity contribution in [2.75, 3.05) is 24.2 Å². The Bertz CT molecular complexity index is 929. The fraction of sp³-hybridized carbons (Fsp3) is 0.429. The first-order valence-corrected chi connectivity index (χ1v) is 11.2. The molecule has 0 saturated heterocycles. The first-order chi connectivity index (χ1) is 13.1. The van der Waals surface area contributed by atoms with Crippen molar-refractivity contribution in [3.05, 3.63) is 59.7 Å². The van der Waals surface area contributed by atoms with E-state index in [-0.39, 0.29) is 6.04 Å². The van der Waals surface area contributed by atoms with E-state index in [0.717, 1.165) is 18.2 Å². The third-order valence-electron chi connectivity index (χ3n) is 5.22. The van der Waals surface area contributed by atoms with Crippen molar-refractivity contribution in [1.82, 2.24) is 5.32 Å². The lowest BCUT2D eigenvalue weighted by Crippen LogP contribution is -2.52. The zero-order chi connectivity index (χ0) is 20.5. The van der Waals surface area contributed by atoms with E-state index < -0.39 is 21.7 Å². The average molecular weight is 405 g/mol. The van der Waals surface area contributed by atoms with E-state index in [1.807, 2.05) is 38.1 Å². The Morgan fingerprint density at radius 2 is 1.86 bits per heavy atom.